The van der Waals surface area contributed by atoms with Crippen molar-refractivity contribution in [3.05, 3.63) is 0 Å². The third-order valence-corrected chi connectivity index (χ3v) is 0.638. The van der Waals surface area contributed by atoms with E-state index in [0.29, 0.717) is 6.42 Å². The molecule has 0 aliphatic rings. The minimum absolute atomic E-state index is 0. The second-order valence-corrected chi connectivity index (χ2v) is 1.32. The van der Waals surface area contributed by atoms with Crippen molar-refractivity contribution in [3.63, 3.8) is 0 Å². The highest BCUT2D eigenvalue weighted by Crippen LogP contribution is 1.81. The summed E-state index contributed by atoms with van der Waals surface area (Å²) in [5.74, 6) is 4.66. The van der Waals surface area contributed by atoms with Crippen LogP contribution < -0.4 is 11.3 Å². The van der Waals surface area contributed by atoms with Crippen LogP contribution in [-0.2, 0) is 4.79 Å². The smallest absolute Gasteiger partial charge is 0.233 e. The quantitative estimate of drug-likeness (QED) is 0.277. The number of rotatable bonds is 2. The van der Waals surface area contributed by atoms with Gasteiger partial charge in [0, 0.05) is 6.42 Å². The summed E-state index contributed by atoms with van der Waals surface area (Å²) in [6, 6.07) is 0. The maximum atomic E-state index is 10.2. The third-order valence-electron chi connectivity index (χ3n) is 0.638. The number of nitrogens with two attached hydrogens (primary N) is 1. The van der Waals surface area contributed by atoms with Crippen molar-refractivity contribution in [2.75, 3.05) is 0 Å². The first kappa shape index (κ1) is 10.4. The summed E-state index contributed by atoms with van der Waals surface area (Å²) in [6.45, 7) is 1.93. The minimum Gasteiger partial charge on any atom is -0.412 e. The van der Waals surface area contributed by atoms with E-state index < -0.39 is 0 Å². The van der Waals surface area contributed by atoms with Crippen LogP contribution in [0.2, 0.25) is 0 Å². The lowest BCUT2D eigenvalue weighted by atomic mass is 10.3. The second kappa shape index (κ2) is 6.39. The molecular weight excluding hydrogens is 108 g/mol. The molecule has 50 valence electrons. The molecule has 4 nitrogen and oxygen atoms in total. The lowest BCUT2D eigenvalue weighted by Crippen LogP contribution is -2.29. The zero-order valence-corrected chi connectivity index (χ0v) is 4.90. The normalized spacial score (nSPS) is 7.25. The Kier molecular flexibility index (Phi) is 8.30. The molecule has 4 heteroatoms. The summed E-state index contributed by atoms with van der Waals surface area (Å²) in [4.78, 5) is 10.2. The summed E-state index contributed by atoms with van der Waals surface area (Å²) in [6.07, 6.45) is 1.37. The number of amides is 1. The first-order valence-electron chi connectivity index (χ1n) is 2.30. The number of nitrogens with one attached hydrogen (secondary N) is 1. The molecule has 0 aliphatic heterocycles. The van der Waals surface area contributed by atoms with E-state index in [9.17, 15) is 4.79 Å². The first-order valence-corrected chi connectivity index (χ1v) is 2.30. The van der Waals surface area contributed by atoms with Gasteiger partial charge < -0.3 is 5.48 Å². The molecule has 0 fully saturated rings. The van der Waals surface area contributed by atoms with Crippen LogP contribution in [0.15, 0.2) is 0 Å². The maximum absolute atomic E-state index is 10.2. The summed E-state index contributed by atoms with van der Waals surface area (Å²) >= 11 is 0. The van der Waals surface area contributed by atoms with E-state index in [1.807, 2.05) is 12.3 Å². The predicted octanol–water partition coefficient (Wildman–Crippen LogP) is -1.05. The molecule has 0 saturated heterocycles. The SMILES string of the molecule is CCCC(=O)NN.O. The molecule has 0 aliphatic carbocycles. The number of hydrogen-bond acceptors (Lipinski definition) is 2. The summed E-state index contributed by atoms with van der Waals surface area (Å²) in [5, 5.41) is 0. The Hall–Kier alpha value is -0.610. The molecule has 0 atom stereocenters. The summed E-state index contributed by atoms with van der Waals surface area (Å²) in [7, 11) is 0. The van der Waals surface area contributed by atoms with Crippen LogP contribution in [0.4, 0.5) is 0 Å². The molecule has 0 rings (SSSR count). The third kappa shape index (κ3) is 5.39. The van der Waals surface area contributed by atoms with Gasteiger partial charge in [-0.3, -0.25) is 10.2 Å². The van der Waals surface area contributed by atoms with Gasteiger partial charge in [0.05, 0.1) is 0 Å². The van der Waals surface area contributed by atoms with Gasteiger partial charge in [0.2, 0.25) is 5.91 Å². The van der Waals surface area contributed by atoms with Crippen LogP contribution in [0.5, 0.6) is 0 Å². The highest BCUT2D eigenvalue weighted by molar-refractivity contribution is 5.74. The molecule has 0 radical (unpaired) electrons. The van der Waals surface area contributed by atoms with Gasteiger partial charge in [-0.25, -0.2) is 5.84 Å². The number of hydrogen-bond donors (Lipinski definition) is 2. The van der Waals surface area contributed by atoms with E-state index in [4.69, 9.17) is 5.84 Å². The first-order chi connectivity index (χ1) is 3.31. The van der Waals surface area contributed by atoms with Crippen molar-refractivity contribution in [1.82, 2.24) is 5.43 Å². The molecular formula is C4H12N2O2. The van der Waals surface area contributed by atoms with Crippen LogP contribution in [0, 0.1) is 0 Å². The molecule has 8 heavy (non-hydrogen) atoms. The Morgan fingerprint density at radius 2 is 2.25 bits per heavy atom. The lowest BCUT2D eigenvalue weighted by molar-refractivity contribution is -0.121. The van der Waals surface area contributed by atoms with E-state index in [2.05, 4.69) is 0 Å². The molecule has 0 unspecified atom stereocenters. The van der Waals surface area contributed by atoms with Crippen LogP contribution in [0.1, 0.15) is 19.8 Å². The Bertz CT molecular complexity index is 65.1. The van der Waals surface area contributed by atoms with Crippen molar-refractivity contribution in [3.8, 4) is 0 Å². The fourth-order valence-corrected chi connectivity index (χ4v) is 0.299. The number of hydrazine groups is 1. The standard InChI is InChI=1S/C4H10N2O.H2O/c1-2-3-4(7)6-5;/h2-3,5H2,1H3,(H,6,7);1H2. The summed E-state index contributed by atoms with van der Waals surface area (Å²) in [5.41, 5.74) is 2.03. The monoisotopic (exact) mass is 120 g/mol. The fraction of sp³-hybridized carbons (Fsp3) is 0.750. The molecule has 0 heterocycles. The predicted molar refractivity (Wildman–Crippen MR) is 30.9 cm³/mol. The van der Waals surface area contributed by atoms with Crippen LogP contribution in [-0.4, -0.2) is 11.4 Å². The Morgan fingerprint density at radius 1 is 1.75 bits per heavy atom. The Balaban J connectivity index is 0. The molecule has 0 aromatic heterocycles. The van der Waals surface area contributed by atoms with Gasteiger partial charge in [-0.15, -0.1) is 0 Å². The largest absolute Gasteiger partial charge is 0.412 e. The molecule has 1 amide bonds. The average Bonchev–Trinajstić information content (AvgIpc) is 1.68. The number of carbonyl (C=O) groups excluding carboxylic acids is 1. The van der Waals surface area contributed by atoms with Crippen molar-refractivity contribution < 1.29 is 10.3 Å². The lowest BCUT2D eigenvalue weighted by Gasteiger charge is -1.91. The van der Waals surface area contributed by atoms with Crippen molar-refractivity contribution in [2.45, 2.75) is 19.8 Å². The van der Waals surface area contributed by atoms with Crippen molar-refractivity contribution in [2.24, 2.45) is 5.84 Å². The second-order valence-electron chi connectivity index (χ2n) is 1.32. The minimum atomic E-state index is -0.0949. The van der Waals surface area contributed by atoms with E-state index in [1.54, 1.807) is 0 Å². The molecule has 5 N–H and O–H groups in total. The molecule has 0 spiro atoms. The maximum Gasteiger partial charge on any atom is 0.233 e. The zero-order chi connectivity index (χ0) is 5.70. The van der Waals surface area contributed by atoms with E-state index in [1.165, 1.54) is 0 Å². The Labute approximate surface area is 48.3 Å². The topological polar surface area (TPSA) is 86.6 Å². The van der Waals surface area contributed by atoms with Gasteiger partial charge >= 0.3 is 0 Å². The number of carbonyl (C=O) groups is 1. The van der Waals surface area contributed by atoms with Gasteiger partial charge in [0.25, 0.3) is 0 Å². The fourth-order valence-electron chi connectivity index (χ4n) is 0.299. The van der Waals surface area contributed by atoms with Gasteiger partial charge in [0.15, 0.2) is 0 Å². The van der Waals surface area contributed by atoms with E-state index in [-0.39, 0.29) is 11.4 Å². The Morgan fingerprint density at radius 3 is 2.38 bits per heavy atom. The molecule has 0 aromatic carbocycles. The van der Waals surface area contributed by atoms with Crippen molar-refractivity contribution in [1.29, 1.82) is 0 Å². The average molecular weight is 120 g/mol. The van der Waals surface area contributed by atoms with Crippen LogP contribution in [0.25, 0.3) is 0 Å². The summed E-state index contributed by atoms with van der Waals surface area (Å²) < 4.78 is 0. The van der Waals surface area contributed by atoms with Gasteiger partial charge in [-0.2, -0.15) is 0 Å². The molecule has 0 aromatic rings. The van der Waals surface area contributed by atoms with Gasteiger partial charge in [0.1, 0.15) is 0 Å². The van der Waals surface area contributed by atoms with Crippen LogP contribution >= 0.6 is 0 Å². The van der Waals surface area contributed by atoms with Gasteiger partial charge in [-0.05, 0) is 6.42 Å². The molecule has 0 saturated carbocycles. The molecule has 0 bridgehead atoms. The van der Waals surface area contributed by atoms with Crippen LogP contribution in [0.3, 0.4) is 0 Å². The zero-order valence-electron chi connectivity index (χ0n) is 4.90. The van der Waals surface area contributed by atoms with E-state index >= 15 is 0 Å². The highest BCUT2D eigenvalue weighted by atomic mass is 16.2. The highest BCUT2D eigenvalue weighted by Gasteiger charge is 1.90. The van der Waals surface area contributed by atoms with E-state index in [0.717, 1.165) is 6.42 Å². The van der Waals surface area contributed by atoms with Gasteiger partial charge in [-0.1, -0.05) is 6.92 Å². The van der Waals surface area contributed by atoms with Crippen molar-refractivity contribution >= 4 is 5.91 Å².